The van der Waals surface area contributed by atoms with Gasteiger partial charge >= 0.3 is 6.18 Å². The van der Waals surface area contributed by atoms with Gasteiger partial charge in [-0.25, -0.2) is 0 Å². The molecule has 1 aromatic rings. The Morgan fingerprint density at radius 1 is 1.06 bits per heavy atom. The van der Waals surface area contributed by atoms with Crippen molar-refractivity contribution < 1.29 is 18.0 Å². The van der Waals surface area contributed by atoms with Crippen LogP contribution in [0.2, 0.25) is 0 Å². The van der Waals surface area contributed by atoms with Crippen LogP contribution in [0.5, 0.6) is 0 Å². The number of nitrogens with one attached hydrogen (secondary N) is 1. The van der Waals surface area contributed by atoms with Crippen molar-refractivity contribution in [1.29, 1.82) is 0 Å². The van der Waals surface area contributed by atoms with Gasteiger partial charge in [-0.2, -0.15) is 26.7 Å². The highest BCUT2D eigenvalue weighted by atomic mass is 32.1. The molecule has 1 N–H and O–H groups in total. The third kappa shape index (κ3) is 4.60. The van der Waals surface area contributed by atoms with Crippen molar-refractivity contribution in [1.82, 2.24) is 0 Å². The van der Waals surface area contributed by atoms with E-state index < -0.39 is 17.2 Å². The van der Waals surface area contributed by atoms with Crippen molar-refractivity contribution in [3.8, 4) is 0 Å². The Kier molecular flexibility index (Phi) is 5.28. The predicted octanol–water partition coefficient (Wildman–Crippen LogP) is 3.80. The van der Waals surface area contributed by atoms with Gasteiger partial charge in [0, 0.05) is 11.1 Å². The average molecular weight is 279 g/mol. The van der Waals surface area contributed by atoms with Crippen LogP contribution in [-0.4, -0.2) is 5.91 Å². The van der Waals surface area contributed by atoms with Crippen molar-refractivity contribution in [3.05, 3.63) is 29.8 Å². The van der Waals surface area contributed by atoms with Gasteiger partial charge in [-0.3, -0.25) is 4.79 Å². The first-order chi connectivity index (χ1) is 7.60. The summed E-state index contributed by atoms with van der Waals surface area (Å²) in [5.74, 6) is -0.239. The number of amides is 1. The van der Waals surface area contributed by atoms with E-state index in [1.54, 1.807) is 20.8 Å². The van der Waals surface area contributed by atoms with Crippen molar-refractivity contribution in [3.63, 3.8) is 0 Å². The number of carbonyl (C=O) groups is 1. The molecule has 0 saturated heterocycles. The zero-order valence-electron chi connectivity index (χ0n) is 10.4. The number of hydrogen-bond donors (Lipinski definition) is 1. The van der Waals surface area contributed by atoms with Gasteiger partial charge in [0.1, 0.15) is 0 Å². The molecule has 1 amide bonds. The maximum Gasteiger partial charge on any atom is 0.416 e. The van der Waals surface area contributed by atoms with E-state index in [0.29, 0.717) is 5.69 Å². The lowest BCUT2D eigenvalue weighted by atomic mass is 9.95. The Morgan fingerprint density at radius 2 is 1.50 bits per heavy atom. The van der Waals surface area contributed by atoms with Crippen molar-refractivity contribution >= 4 is 25.1 Å². The van der Waals surface area contributed by atoms with E-state index in [1.165, 1.54) is 12.1 Å². The van der Waals surface area contributed by atoms with Gasteiger partial charge in [0.15, 0.2) is 0 Å². The lowest BCUT2D eigenvalue weighted by Gasteiger charge is -2.17. The fourth-order valence-electron chi connectivity index (χ4n) is 1.06. The fraction of sp³-hybridized carbons (Fsp3) is 0.417. The third-order valence-electron chi connectivity index (χ3n) is 2.15. The molecule has 1 rings (SSSR count). The van der Waals surface area contributed by atoms with Gasteiger partial charge in [-0.1, -0.05) is 20.8 Å². The van der Waals surface area contributed by atoms with Crippen molar-refractivity contribution in [2.24, 2.45) is 5.41 Å². The standard InChI is InChI=1S/C12H14F3NO.H2S/c1-11(2,3)10(17)16-9-6-4-8(5-7-9)12(13,14)15;/h4-7H,1-3H3,(H,16,17);1H2. The maximum atomic E-state index is 12.3. The topological polar surface area (TPSA) is 29.1 Å². The molecule has 6 heteroatoms. The Bertz CT molecular complexity index is 407. The summed E-state index contributed by atoms with van der Waals surface area (Å²) in [6.45, 7) is 5.19. The molecule has 0 saturated carbocycles. The van der Waals surface area contributed by atoms with Gasteiger partial charge in [0.2, 0.25) is 5.91 Å². The Morgan fingerprint density at radius 3 is 1.83 bits per heavy atom. The van der Waals surface area contributed by atoms with E-state index in [9.17, 15) is 18.0 Å². The first-order valence-corrected chi connectivity index (χ1v) is 5.09. The molecule has 2 nitrogen and oxygen atoms in total. The first-order valence-electron chi connectivity index (χ1n) is 5.09. The third-order valence-corrected chi connectivity index (χ3v) is 2.15. The van der Waals surface area contributed by atoms with E-state index in [-0.39, 0.29) is 19.4 Å². The summed E-state index contributed by atoms with van der Waals surface area (Å²) in [7, 11) is 0. The number of carbonyl (C=O) groups excluding carboxylic acids is 1. The Balaban J connectivity index is 0.00000289. The molecule has 102 valence electrons. The molecule has 0 bridgehead atoms. The van der Waals surface area contributed by atoms with E-state index in [0.717, 1.165) is 12.1 Å². The SMILES string of the molecule is CC(C)(C)C(=O)Nc1ccc(C(F)(F)F)cc1.S. The summed E-state index contributed by atoms with van der Waals surface area (Å²) in [4.78, 5) is 11.6. The molecule has 0 aliphatic heterocycles. The minimum atomic E-state index is -4.35. The molecule has 0 atom stereocenters. The molecule has 0 heterocycles. The van der Waals surface area contributed by atoms with Gasteiger partial charge in [0.25, 0.3) is 0 Å². The Labute approximate surface area is 111 Å². The highest BCUT2D eigenvalue weighted by molar-refractivity contribution is 7.59. The molecule has 0 fully saturated rings. The highest BCUT2D eigenvalue weighted by Gasteiger charge is 2.30. The molecule has 0 radical (unpaired) electrons. The smallest absolute Gasteiger partial charge is 0.326 e. The number of alkyl halides is 3. The van der Waals surface area contributed by atoms with Crippen molar-refractivity contribution in [2.45, 2.75) is 26.9 Å². The van der Waals surface area contributed by atoms with Crippen LogP contribution in [0.15, 0.2) is 24.3 Å². The zero-order chi connectivity index (χ0) is 13.3. The van der Waals surface area contributed by atoms with Crippen LogP contribution in [0, 0.1) is 5.41 Å². The molecule has 0 unspecified atom stereocenters. The zero-order valence-corrected chi connectivity index (χ0v) is 11.4. The molecule has 0 spiro atoms. The minimum Gasteiger partial charge on any atom is -0.326 e. The normalized spacial score (nSPS) is 11.7. The molecule has 0 aliphatic rings. The van der Waals surface area contributed by atoms with Gasteiger partial charge in [0.05, 0.1) is 5.56 Å². The minimum absolute atomic E-state index is 0. The van der Waals surface area contributed by atoms with E-state index in [1.807, 2.05) is 0 Å². The molecular weight excluding hydrogens is 263 g/mol. The summed E-state index contributed by atoms with van der Waals surface area (Å²) < 4.78 is 36.9. The van der Waals surface area contributed by atoms with E-state index >= 15 is 0 Å². The molecule has 0 aromatic heterocycles. The summed E-state index contributed by atoms with van der Waals surface area (Å²) >= 11 is 0. The largest absolute Gasteiger partial charge is 0.416 e. The molecule has 1 aromatic carbocycles. The predicted molar refractivity (Wildman–Crippen MR) is 69.9 cm³/mol. The summed E-state index contributed by atoms with van der Waals surface area (Å²) in [6.07, 6.45) is -4.35. The van der Waals surface area contributed by atoms with Crippen LogP contribution in [0.25, 0.3) is 0 Å². The second kappa shape index (κ2) is 5.65. The van der Waals surface area contributed by atoms with E-state index in [2.05, 4.69) is 5.32 Å². The van der Waals surface area contributed by atoms with Crippen LogP contribution in [0.4, 0.5) is 18.9 Å². The molecular formula is C12H16F3NOS. The number of anilines is 1. The number of rotatable bonds is 1. The lowest BCUT2D eigenvalue weighted by molar-refractivity contribution is -0.137. The average Bonchev–Trinajstić information content (AvgIpc) is 2.15. The van der Waals surface area contributed by atoms with Gasteiger partial charge in [-0.05, 0) is 24.3 Å². The second-order valence-electron chi connectivity index (χ2n) is 4.78. The fourth-order valence-corrected chi connectivity index (χ4v) is 1.06. The van der Waals surface area contributed by atoms with Gasteiger partial charge < -0.3 is 5.32 Å². The summed E-state index contributed by atoms with van der Waals surface area (Å²) in [5, 5.41) is 2.55. The van der Waals surface area contributed by atoms with Crippen LogP contribution < -0.4 is 5.32 Å². The molecule has 18 heavy (non-hydrogen) atoms. The van der Waals surface area contributed by atoms with Crippen LogP contribution in [-0.2, 0) is 11.0 Å². The number of hydrogen-bond acceptors (Lipinski definition) is 1. The lowest BCUT2D eigenvalue weighted by Crippen LogP contribution is -2.27. The Hall–Kier alpha value is -1.17. The van der Waals surface area contributed by atoms with E-state index in [4.69, 9.17) is 0 Å². The van der Waals surface area contributed by atoms with Crippen LogP contribution in [0.3, 0.4) is 0 Å². The quantitative estimate of drug-likeness (QED) is 0.832. The molecule has 0 aliphatic carbocycles. The van der Waals surface area contributed by atoms with Crippen molar-refractivity contribution in [2.75, 3.05) is 5.32 Å². The number of benzene rings is 1. The second-order valence-corrected chi connectivity index (χ2v) is 4.78. The van der Waals surface area contributed by atoms with Crippen LogP contribution >= 0.6 is 13.5 Å². The monoisotopic (exact) mass is 279 g/mol. The highest BCUT2D eigenvalue weighted by Crippen LogP contribution is 2.30. The summed E-state index contributed by atoms with van der Waals surface area (Å²) in [6, 6.07) is 4.37. The van der Waals surface area contributed by atoms with Crippen LogP contribution in [0.1, 0.15) is 26.3 Å². The summed E-state index contributed by atoms with van der Waals surface area (Å²) in [5.41, 5.74) is -0.952. The first kappa shape index (κ1) is 16.8. The maximum absolute atomic E-state index is 12.3. The van der Waals surface area contributed by atoms with Gasteiger partial charge in [-0.15, -0.1) is 0 Å². The number of halogens is 3.